The van der Waals surface area contributed by atoms with E-state index in [0.29, 0.717) is 22.5 Å². The maximum absolute atomic E-state index is 12.9. The van der Waals surface area contributed by atoms with Gasteiger partial charge < -0.3 is 16.0 Å². The lowest BCUT2D eigenvalue weighted by Gasteiger charge is -2.10. The van der Waals surface area contributed by atoms with Crippen molar-refractivity contribution in [2.24, 2.45) is 17.8 Å². The summed E-state index contributed by atoms with van der Waals surface area (Å²) in [4.78, 5) is 16.7. The summed E-state index contributed by atoms with van der Waals surface area (Å²) in [5.41, 5.74) is 14.7. The number of aromatic nitrogens is 1. The Kier molecular flexibility index (Phi) is 4.64. The Morgan fingerprint density at radius 3 is 2.61 bits per heavy atom. The summed E-state index contributed by atoms with van der Waals surface area (Å²) in [5.74, 6) is 0.188. The van der Waals surface area contributed by atoms with Crippen LogP contribution in [-0.4, -0.2) is 22.5 Å². The van der Waals surface area contributed by atoms with Crippen LogP contribution in [0, 0.1) is 5.41 Å². The van der Waals surface area contributed by atoms with Crippen molar-refractivity contribution in [2.75, 3.05) is 5.73 Å². The van der Waals surface area contributed by atoms with Crippen LogP contribution in [0.1, 0.15) is 47.1 Å². The van der Waals surface area contributed by atoms with Crippen molar-refractivity contribution >= 4 is 23.6 Å². The molecular formula is C17H21N5O. The molecule has 1 aromatic carbocycles. The van der Waals surface area contributed by atoms with E-state index >= 15 is 0 Å². The van der Waals surface area contributed by atoms with Gasteiger partial charge in [0.1, 0.15) is 12.2 Å². The van der Waals surface area contributed by atoms with Crippen LogP contribution in [-0.2, 0) is 7.05 Å². The van der Waals surface area contributed by atoms with E-state index in [9.17, 15) is 4.79 Å². The quantitative estimate of drug-likeness (QED) is 0.341. The predicted octanol–water partition coefficient (Wildman–Crippen LogP) is 2.27. The van der Waals surface area contributed by atoms with E-state index in [2.05, 4.69) is 4.99 Å². The molecular weight excluding hydrogens is 290 g/mol. The highest BCUT2D eigenvalue weighted by Crippen LogP contribution is 2.24. The lowest BCUT2D eigenvalue weighted by Crippen LogP contribution is -2.21. The Morgan fingerprint density at radius 1 is 1.35 bits per heavy atom. The van der Waals surface area contributed by atoms with E-state index in [4.69, 9.17) is 16.9 Å². The molecule has 0 fully saturated rings. The zero-order valence-electron chi connectivity index (χ0n) is 13.5. The second-order valence-electron chi connectivity index (χ2n) is 5.64. The molecule has 2 aromatic rings. The summed E-state index contributed by atoms with van der Waals surface area (Å²) in [6.45, 7) is 4.08. The number of hydrogen-bond acceptors (Lipinski definition) is 3. The van der Waals surface area contributed by atoms with Crippen molar-refractivity contribution < 1.29 is 4.79 Å². The Hall–Kier alpha value is -2.89. The summed E-state index contributed by atoms with van der Waals surface area (Å²) in [6.07, 6.45) is 0.867. The van der Waals surface area contributed by atoms with E-state index in [1.54, 1.807) is 24.3 Å². The monoisotopic (exact) mass is 311 g/mol. The zero-order valence-corrected chi connectivity index (χ0v) is 13.5. The van der Waals surface area contributed by atoms with Crippen molar-refractivity contribution in [1.29, 1.82) is 5.41 Å². The minimum Gasteiger partial charge on any atom is -0.399 e. The first-order valence-corrected chi connectivity index (χ1v) is 7.29. The third-order valence-corrected chi connectivity index (χ3v) is 3.70. The first-order valence-electron chi connectivity index (χ1n) is 7.29. The maximum atomic E-state index is 12.9. The van der Waals surface area contributed by atoms with Crippen LogP contribution in [0.25, 0.3) is 0 Å². The predicted molar refractivity (Wildman–Crippen MR) is 93.3 cm³/mol. The minimum absolute atomic E-state index is 0.140. The van der Waals surface area contributed by atoms with Crippen LogP contribution in [0.5, 0.6) is 0 Å². The molecule has 0 bridgehead atoms. The normalized spacial score (nSPS) is 11.7. The first kappa shape index (κ1) is 16.5. The molecule has 0 aliphatic heterocycles. The van der Waals surface area contributed by atoms with E-state index < -0.39 is 0 Å². The highest BCUT2D eigenvalue weighted by Gasteiger charge is 2.23. The van der Waals surface area contributed by atoms with E-state index in [-0.39, 0.29) is 17.5 Å². The molecule has 0 atom stereocenters. The number of nitrogens with zero attached hydrogens (tertiary/aromatic N) is 2. The third kappa shape index (κ3) is 3.15. The van der Waals surface area contributed by atoms with E-state index in [0.717, 1.165) is 12.0 Å². The minimum atomic E-state index is -0.169. The second kappa shape index (κ2) is 6.48. The molecule has 6 heteroatoms. The molecule has 6 nitrogen and oxygen atoms in total. The Morgan fingerprint density at radius 2 is 2.04 bits per heavy atom. The zero-order chi connectivity index (χ0) is 17.1. The van der Waals surface area contributed by atoms with Crippen molar-refractivity contribution in [3.63, 3.8) is 0 Å². The molecule has 0 radical (unpaired) electrons. The van der Waals surface area contributed by atoms with Crippen LogP contribution in [0.2, 0.25) is 0 Å². The van der Waals surface area contributed by atoms with Gasteiger partial charge in [-0.1, -0.05) is 26.0 Å². The molecule has 120 valence electrons. The number of aliphatic imine (C=N–C) groups is 1. The standard InChI is InChI=1S/C17H21N5O/c1-10(2)14-8-13(15(22(14)3)17(20)21-9-18)16(23)11-5-4-6-12(19)7-11/h4-10H,19H2,1-3H3,(H3,18,20,21). The fourth-order valence-electron chi connectivity index (χ4n) is 2.63. The SMILES string of the molecule is CC(C)c1cc(C(=O)c2cccc(N)c2)c(/C(N)=N\C=N)n1C. The van der Waals surface area contributed by atoms with Crippen LogP contribution < -0.4 is 11.5 Å². The van der Waals surface area contributed by atoms with Gasteiger partial charge in [0.15, 0.2) is 5.78 Å². The fraction of sp³-hybridized carbons (Fsp3) is 0.235. The molecule has 0 unspecified atom stereocenters. The maximum Gasteiger partial charge on any atom is 0.195 e. The van der Waals surface area contributed by atoms with Gasteiger partial charge in [-0.05, 0) is 24.1 Å². The van der Waals surface area contributed by atoms with E-state index in [1.165, 1.54) is 0 Å². The molecule has 0 aliphatic rings. The first-order chi connectivity index (χ1) is 10.9. The number of carbonyl (C=O) groups is 1. The van der Waals surface area contributed by atoms with Crippen LogP contribution in [0.3, 0.4) is 0 Å². The molecule has 1 heterocycles. The van der Waals surface area contributed by atoms with Gasteiger partial charge in [0.2, 0.25) is 0 Å². The third-order valence-electron chi connectivity index (χ3n) is 3.70. The van der Waals surface area contributed by atoms with Crippen molar-refractivity contribution in [3.05, 3.63) is 52.8 Å². The van der Waals surface area contributed by atoms with Gasteiger partial charge in [-0.3, -0.25) is 10.2 Å². The highest BCUT2D eigenvalue weighted by atomic mass is 16.1. The Labute approximate surface area is 135 Å². The van der Waals surface area contributed by atoms with Gasteiger partial charge in [0, 0.05) is 24.0 Å². The average molecular weight is 311 g/mol. The van der Waals surface area contributed by atoms with Crippen molar-refractivity contribution in [2.45, 2.75) is 19.8 Å². The lowest BCUT2D eigenvalue weighted by molar-refractivity contribution is 0.103. The number of rotatable bonds is 5. The number of nitrogens with two attached hydrogens (primary N) is 2. The second-order valence-corrected chi connectivity index (χ2v) is 5.64. The van der Waals surface area contributed by atoms with Gasteiger partial charge >= 0.3 is 0 Å². The van der Waals surface area contributed by atoms with Crippen molar-refractivity contribution in [1.82, 2.24) is 4.57 Å². The smallest absolute Gasteiger partial charge is 0.195 e. The molecule has 0 saturated heterocycles. The van der Waals surface area contributed by atoms with Gasteiger partial charge in [0.05, 0.1) is 11.3 Å². The number of amidine groups is 1. The molecule has 1 aromatic heterocycles. The Balaban J connectivity index is 2.65. The van der Waals surface area contributed by atoms with Gasteiger partial charge in [-0.15, -0.1) is 0 Å². The number of anilines is 1. The topological polar surface area (TPSA) is 110 Å². The van der Waals surface area contributed by atoms with Crippen molar-refractivity contribution in [3.8, 4) is 0 Å². The molecule has 0 spiro atoms. The number of carbonyl (C=O) groups excluding carboxylic acids is 1. The summed E-state index contributed by atoms with van der Waals surface area (Å²) in [5, 5.41) is 7.11. The number of ketones is 1. The lowest BCUT2D eigenvalue weighted by atomic mass is 10.0. The number of benzene rings is 1. The highest BCUT2D eigenvalue weighted by molar-refractivity contribution is 6.16. The molecule has 23 heavy (non-hydrogen) atoms. The molecule has 0 amide bonds. The summed E-state index contributed by atoms with van der Waals surface area (Å²) >= 11 is 0. The molecule has 5 N–H and O–H groups in total. The number of nitrogens with one attached hydrogen (secondary N) is 1. The van der Waals surface area contributed by atoms with Crippen LogP contribution >= 0.6 is 0 Å². The summed E-state index contributed by atoms with van der Waals surface area (Å²) < 4.78 is 1.85. The number of hydrogen-bond donors (Lipinski definition) is 3. The molecule has 0 aliphatic carbocycles. The van der Waals surface area contributed by atoms with Gasteiger partial charge in [-0.25, -0.2) is 4.99 Å². The fourth-order valence-corrected chi connectivity index (χ4v) is 2.63. The van der Waals surface area contributed by atoms with Gasteiger partial charge in [-0.2, -0.15) is 0 Å². The average Bonchev–Trinajstić information content (AvgIpc) is 2.84. The van der Waals surface area contributed by atoms with Crippen LogP contribution in [0.15, 0.2) is 35.3 Å². The largest absolute Gasteiger partial charge is 0.399 e. The number of nitrogen functional groups attached to an aromatic ring is 1. The van der Waals surface area contributed by atoms with Gasteiger partial charge in [0.25, 0.3) is 0 Å². The molecule has 0 saturated carbocycles. The van der Waals surface area contributed by atoms with E-state index in [1.807, 2.05) is 31.5 Å². The Bertz CT molecular complexity index is 786. The van der Waals surface area contributed by atoms with Crippen LogP contribution in [0.4, 0.5) is 5.69 Å². The summed E-state index contributed by atoms with van der Waals surface area (Å²) in [6, 6.07) is 8.65. The molecule has 2 rings (SSSR count). The summed E-state index contributed by atoms with van der Waals surface area (Å²) in [7, 11) is 1.84.